The van der Waals surface area contributed by atoms with Gasteiger partial charge in [0.1, 0.15) is 0 Å². The van der Waals surface area contributed by atoms with E-state index in [4.69, 9.17) is 0 Å². The van der Waals surface area contributed by atoms with Gasteiger partial charge in [-0.2, -0.15) is 0 Å². The van der Waals surface area contributed by atoms with Gasteiger partial charge in [-0.15, -0.1) is 0 Å². The molecule has 1 aliphatic rings. The molecule has 0 fully saturated rings. The van der Waals surface area contributed by atoms with Gasteiger partial charge in [0, 0.05) is 0 Å². The molecule has 0 bridgehead atoms. The summed E-state index contributed by atoms with van der Waals surface area (Å²) in [6, 6.07) is 0. The van der Waals surface area contributed by atoms with Crippen molar-refractivity contribution in [2.75, 3.05) is 0 Å². The first kappa shape index (κ1) is 10.3. The molecule has 0 heterocycles. The molecule has 0 amide bonds. The van der Waals surface area contributed by atoms with E-state index in [1.54, 1.807) is 0 Å². The van der Waals surface area contributed by atoms with Crippen LogP contribution in [0.3, 0.4) is 0 Å². The second-order valence-corrected chi connectivity index (χ2v) is 40.4. The van der Waals surface area contributed by atoms with Gasteiger partial charge in [0.25, 0.3) is 0 Å². The molecule has 0 aromatic heterocycles. The standard InChI is InChI=1S/C5H5.6CH3.Ti/c1-2-4-5-3-1;;;;;;;/h1-5H;6*1H3;. The van der Waals surface area contributed by atoms with E-state index in [1.165, 1.54) is 0 Å². The molecule has 71 valence electrons. The van der Waals surface area contributed by atoms with Crippen LogP contribution in [0.15, 0.2) is 24.3 Å². The maximum atomic E-state index is 2.50. The Hall–Kier alpha value is 0.194. The third-order valence-corrected chi connectivity index (χ3v) is 9.60. The summed E-state index contributed by atoms with van der Waals surface area (Å²) in [7, 11) is 0. The molecule has 0 aromatic carbocycles. The molecular formula is C11H23Ti. The van der Waals surface area contributed by atoms with Crippen molar-refractivity contribution >= 4 is 0 Å². The first-order valence-electron chi connectivity index (χ1n) is 4.96. The van der Waals surface area contributed by atoms with Crippen molar-refractivity contribution in [3.63, 3.8) is 0 Å². The average Bonchev–Trinajstić information content (AvgIpc) is 1.99. The number of hydrogen-bond acceptors (Lipinski definition) is 0. The van der Waals surface area contributed by atoms with Gasteiger partial charge >= 0.3 is 72.6 Å². The zero-order valence-corrected chi connectivity index (χ0v) is 10.9. The first-order valence-corrected chi connectivity index (χ1v) is 15.2. The summed E-state index contributed by atoms with van der Waals surface area (Å²) in [4.78, 5) is 0. The summed E-state index contributed by atoms with van der Waals surface area (Å²) < 4.78 is 0.669. The van der Waals surface area contributed by atoms with Crippen LogP contribution >= 0.6 is 0 Å². The van der Waals surface area contributed by atoms with Crippen LogP contribution < -0.4 is 0 Å². The Balaban J connectivity index is 3.35. The summed E-state index contributed by atoms with van der Waals surface area (Å²) >= 11 is -3.14. The molecule has 0 unspecified atom stereocenters. The van der Waals surface area contributed by atoms with Crippen molar-refractivity contribution < 1.29 is 12.7 Å². The van der Waals surface area contributed by atoms with Crippen LogP contribution in [0.4, 0.5) is 0 Å². The van der Waals surface area contributed by atoms with Crippen LogP contribution in [0.25, 0.3) is 0 Å². The van der Waals surface area contributed by atoms with Crippen LogP contribution in [-0.4, -0.2) is 0 Å². The SMILES string of the molecule is [CH3][Ti]([CH3])([CH3])([CH3])([CH3])([CH3])[CH]1C=CC=C1. The zero-order chi connectivity index (χ0) is 9.78. The van der Waals surface area contributed by atoms with Gasteiger partial charge in [0.15, 0.2) is 0 Å². The third-order valence-electron chi connectivity index (χ3n) is 2.75. The summed E-state index contributed by atoms with van der Waals surface area (Å²) in [5.41, 5.74) is 0. The number of allylic oxidation sites excluding steroid dienone is 4. The zero-order valence-electron chi connectivity index (χ0n) is 9.39. The van der Waals surface area contributed by atoms with E-state index in [9.17, 15) is 0 Å². The minimum absolute atomic E-state index is 0.669. The second kappa shape index (κ2) is 1.46. The fourth-order valence-electron chi connectivity index (χ4n) is 1.59. The van der Waals surface area contributed by atoms with E-state index in [2.05, 4.69) is 55.7 Å². The molecule has 0 saturated carbocycles. The molecule has 1 aliphatic carbocycles. The van der Waals surface area contributed by atoms with Crippen molar-refractivity contribution in [1.82, 2.24) is 0 Å². The summed E-state index contributed by atoms with van der Waals surface area (Å²) in [6.45, 7) is 0. The second-order valence-electron chi connectivity index (χ2n) is 10.5. The average molecular weight is 203 g/mol. The first-order chi connectivity index (χ1) is 4.80. The topological polar surface area (TPSA) is 0 Å². The van der Waals surface area contributed by atoms with Crippen LogP contribution in [-0.2, 0) is 12.7 Å². The van der Waals surface area contributed by atoms with E-state index in [0.29, 0.717) is 4.22 Å². The van der Waals surface area contributed by atoms with Gasteiger partial charge < -0.3 is 0 Å². The Kier molecular flexibility index (Phi) is 1.25. The van der Waals surface area contributed by atoms with Crippen molar-refractivity contribution in [1.29, 1.82) is 0 Å². The van der Waals surface area contributed by atoms with E-state index in [1.807, 2.05) is 0 Å². The predicted octanol–water partition coefficient (Wildman–Crippen LogP) is 4.95. The molecule has 1 heteroatoms. The van der Waals surface area contributed by atoms with Gasteiger partial charge in [-0.1, -0.05) is 0 Å². The summed E-state index contributed by atoms with van der Waals surface area (Å²) in [5.74, 6) is 0. The number of rotatable bonds is 1. The molecule has 1 rings (SSSR count). The molecule has 0 spiro atoms. The van der Waals surface area contributed by atoms with Crippen LogP contribution in [0, 0.1) is 0 Å². The normalized spacial score (nSPS) is 27.7. The Bertz CT molecular complexity index is 257. The van der Waals surface area contributed by atoms with Gasteiger partial charge in [0.2, 0.25) is 0 Å². The van der Waals surface area contributed by atoms with Crippen molar-refractivity contribution in [3.8, 4) is 0 Å². The summed E-state index contributed by atoms with van der Waals surface area (Å²) in [6.07, 6.45) is 9.08. The van der Waals surface area contributed by atoms with Crippen LogP contribution in [0.1, 0.15) is 0 Å². The predicted molar refractivity (Wildman–Crippen MR) is 57.2 cm³/mol. The fraction of sp³-hybridized carbons (Fsp3) is 0.636. The van der Waals surface area contributed by atoms with E-state index < -0.39 is 12.7 Å². The van der Waals surface area contributed by atoms with Crippen molar-refractivity contribution in [2.45, 2.75) is 35.6 Å². The summed E-state index contributed by atoms with van der Waals surface area (Å²) in [5, 5.41) is 15.0. The Morgan fingerprint density at radius 1 is 0.750 bits per heavy atom. The molecule has 0 saturated heterocycles. The van der Waals surface area contributed by atoms with Crippen molar-refractivity contribution in [3.05, 3.63) is 24.3 Å². The van der Waals surface area contributed by atoms with Gasteiger partial charge in [-0.05, 0) is 0 Å². The van der Waals surface area contributed by atoms with E-state index >= 15 is 0 Å². The Labute approximate surface area is 72.7 Å². The molecule has 0 nitrogen and oxygen atoms in total. The van der Waals surface area contributed by atoms with E-state index in [-0.39, 0.29) is 0 Å². The van der Waals surface area contributed by atoms with Gasteiger partial charge in [0.05, 0.1) is 0 Å². The van der Waals surface area contributed by atoms with Crippen LogP contribution in [0.2, 0.25) is 35.6 Å². The molecule has 0 atom stereocenters. The Morgan fingerprint density at radius 3 is 1.25 bits per heavy atom. The Morgan fingerprint density at radius 2 is 1.08 bits per heavy atom. The number of hydrogen-bond donors (Lipinski definition) is 0. The van der Waals surface area contributed by atoms with Gasteiger partial charge in [-0.25, -0.2) is 0 Å². The third kappa shape index (κ3) is 2.34. The molecule has 0 N–H and O–H groups in total. The molecule has 0 aliphatic heterocycles. The fourth-order valence-corrected chi connectivity index (χ4v) is 5.54. The van der Waals surface area contributed by atoms with Crippen LogP contribution in [0.5, 0.6) is 0 Å². The molecule has 12 heavy (non-hydrogen) atoms. The molecular weight excluding hydrogens is 180 g/mol. The van der Waals surface area contributed by atoms with Gasteiger partial charge in [-0.3, -0.25) is 0 Å². The quantitative estimate of drug-likeness (QED) is 0.529. The van der Waals surface area contributed by atoms with E-state index in [0.717, 1.165) is 0 Å². The molecule has 0 aromatic rings. The molecule has 0 radical (unpaired) electrons. The maximum absolute atomic E-state index is 3.14. The minimum atomic E-state index is -3.14. The monoisotopic (exact) mass is 203 g/mol. The van der Waals surface area contributed by atoms with Crippen molar-refractivity contribution in [2.24, 2.45) is 0 Å².